The predicted octanol–water partition coefficient (Wildman–Crippen LogP) is 6.52. The van der Waals surface area contributed by atoms with Gasteiger partial charge in [0.25, 0.3) is 0 Å². The fraction of sp³-hybridized carbons (Fsp3) is 0.308. The average Bonchev–Trinajstić information content (AvgIpc) is 2.79. The van der Waals surface area contributed by atoms with E-state index in [4.69, 9.17) is 16.3 Å². The quantitative estimate of drug-likeness (QED) is 0.355. The van der Waals surface area contributed by atoms with Crippen LogP contribution in [0.3, 0.4) is 0 Å². The van der Waals surface area contributed by atoms with Crippen LogP contribution in [0.4, 0.5) is 0 Å². The van der Waals surface area contributed by atoms with Crippen LogP contribution in [0.15, 0.2) is 84.9 Å². The summed E-state index contributed by atoms with van der Waals surface area (Å²) in [6, 6.07) is 29.2. The van der Waals surface area contributed by atoms with E-state index in [1.54, 1.807) is 0 Å². The Kier molecular flexibility index (Phi) is 8.15. The summed E-state index contributed by atoms with van der Waals surface area (Å²) >= 11 is 6.99. The molecule has 3 rings (SSSR count). The minimum atomic E-state index is -0.145. The highest BCUT2D eigenvalue weighted by atomic mass is 35.5. The monoisotopic (exact) mass is 407 g/mol. The third-order valence-corrected chi connectivity index (χ3v) is 5.88. The van der Waals surface area contributed by atoms with Crippen LogP contribution in [0.1, 0.15) is 41.8 Å². The molecule has 0 saturated carbocycles. The average molecular weight is 408 g/mol. The molecular weight excluding hydrogens is 378 g/mol. The van der Waals surface area contributed by atoms with Crippen molar-refractivity contribution >= 4 is 11.6 Å². The number of hydrogen-bond acceptors (Lipinski definition) is 2. The zero-order valence-electron chi connectivity index (χ0n) is 17.3. The van der Waals surface area contributed by atoms with Gasteiger partial charge in [-0.15, -0.1) is 11.6 Å². The first-order chi connectivity index (χ1) is 14.2. The second kappa shape index (κ2) is 11.0. The smallest absolute Gasteiger partial charge is 0.119 e. The minimum absolute atomic E-state index is 0.0741. The van der Waals surface area contributed by atoms with E-state index in [0.717, 1.165) is 30.9 Å². The summed E-state index contributed by atoms with van der Waals surface area (Å²) in [6.07, 6.45) is 0. The molecule has 0 heterocycles. The number of hydrogen-bond donors (Lipinski definition) is 0. The molecule has 0 aromatic heterocycles. The van der Waals surface area contributed by atoms with Gasteiger partial charge in [-0.25, -0.2) is 0 Å². The maximum absolute atomic E-state index is 6.99. The van der Waals surface area contributed by atoms with Crippen LogP contribution in [0.5, 0.6) is 5.75 Å². The van der Waals surface area contributed by atoms with E-state index in [-0.39, 0.29) is 11.3 Å². The summed E-state index contributed by atoms with van der Waals surface area (Å²) in [6.45, 7) is 8.10. The third-order valence-electron chi connectivity index (χ3n) is 5.38. The second-order valence-corrected chi connectivity index (χ2v) is 7.62. The first kappa shape index (κ1) is 21.4. The van der Waals surface area contributed by atoms with E-state index in [1.165, 1.54) is 11.1 Å². The Labute approximate surface area is 180 Å². The van der Waals surface area contributed by atoms with Gasteiger partial charge < -0.3 is 9.64 Å². The number of likely N-dealkylation sites (N-methyl/N-ethyl adjacent to an activating group) is 1. The Morgan fingerprint density at radius 3 is 1.79 bits per heavy atom. The maximum Gasteiger partial charge on any atom is 0.119 e. The summed E-state index contributed by atoms with van der Waals surface area (Å²) in [5, 5.41) is -0.145. The maximum atomic E-state index is 6.99. The third kappa shape index (κ3) is 5.85. The van der Waals surface area contributed by atoms with Crippen molar-refractivity contribution in [3.8, 4) is 5.75 Å². The minimum Gasteiger partial charge on any atom is -0.492 e. The lowest BCUT2D eigenvalue weighted by molar-refractivity contribution is 0.223. The molecule has 0 aliphatic rings. The predicted molar refractivity (Wildman–Crippen MR) is 123 cm³/mol. The second-order valence-electron chi connectivity index (χ2n) is 7.15. The van der Waals surface area contributed by atoms with Crippen molar-refractivity contribution in [2.75, 3.05) is 26.2 Å². The van der Waals surface area contributed by atoms with E-state index >= 15 is 0 Å². The molecule has 0 aliphatic heterocycles. The largest absolute Gasteiger partial charge is 0.492 e. The van der Waals surface area contributed by atoms with Crippen molar-refractivity contribution in [1.29, 1.82) is 0 Å². The number of rotatable bonds is 10. The standard InChI is InChI=1S/C26H30ClNO/c1-3-28(4-2)19-20-29-24-17-15-22(16-18-24)25(21-11-7-5-8-12-21)26(27)23-13-9-6-10-14-23/h5-18,25-26H,3-4,19-20H2,1-2H3. The molecule has 2 unspecified atom stereocenters. The Balaban J connectivity index is 1.78. The highest BCUT2D eigenvalue weighted by Gasteiger charge is 2.24. The first-order valence-corrected chi connectivity index (χ1v) is 10.9. The van der Waals surface area contributed by atoms with Crippen molar-refractivity contribution in [3.05, 3.63) is 102 Å². The van der Waals surface area contributed by atoms with Gasteiger partial charge in [-0.3, -0.25) is 0 Å². The summed E-state index contributed by atoms with van der Waals surface area (Å²) < 4.78 is 5.95. The Morgan fingerprint density at radius 1 is 0.724 bits per heavy atom. The van der Waals surface area contributed by atoms with Gasteiger partial charge >= 0.3 is 0 Å². The summed E-state index contributed by atoms with van der Waals surface area (Å²) in [5.41, 5.74) is 3.53. The molecule has 3 aromatic rings. The molecule has 0 N–H and O–H groups in total. The van der Waals surface area contributed by atoms with Gasteiger partial charge in [0.05, 0.1) is 5.38 Å². The lowest BCUT2D eigenvalue weighted by atomic mass is 9.85. The van der Waals surface area contributed by atoms with Crippen LogP contribution in [0.25, 0.3) is 0 Å². The number of halogens is 1. The van der Waals surface area contributed by atoms with E-state index in [2.05, 4.69) is 79.4 Å². The van der Waals surface area contributed by atoms with E-state index in [1.807, 2.05) is 24.3 Å². The molecule has 0 amide bonds. The van der Waals surface area contributed by atoms with Crippen LogP contribution in [0.2, 0.25) is 0 Å². The van der Waals surface area contributed by atoms with Gasteiger partial charge in [0.2, 0.25) is 0 Å². The van der Waals surface area contributed by atoms with Crippen molar-refractivity contribution in [3.63, 3.8) is 0 Å². The molecule has 3 aromatic carbocycles. The number of alkyl halides is 1. The topological polar surface area (TPSA) is 12.5 Å². The Bertz CT molecular complexity index is 832. The summed E-state index contributed by atoms with van der Waals surface area (Å²) in [7, 11) is 0. The molecule has 2 atom stereocenters. The van der Waals surface area contributed by atoms with Crippen LogP contribution >= 0.6 is 11.6 Å². The highest BCUT2D eigenvalue weighted by molar-refractivity contribution is 6.21. The normalized spacial score (nSPS) is 13.2. The first-order valence-electron chi connectivity index (χ1n) is 10.4. The van der Waals surface area contributed by atoms with E-state index in [9.17, 15) is 0 Å². The van der Waals surface area contributed by atoms with Crippen molar-refractivity contribution in [2.45, 2.75) is 25.1 Å². The van der Waals surface area contributed by atoms with Crippen LogP contribution in [0, 0.1) is 0 Å². The lowest BCUT2D eigenvalue weighted by Crippen LogP contribution is -2.27. The van der Waals surface area contributed by atoms with E-state index in [0.29, 0.717) is 6.61 Å². The molecular formula is C26H30ClNO. The van der Waals surface area contributed by atoms with Crippen LogP contribution in [-0.2, 0) is 0 Å². The van der Waals surface area contributed by atoms with Gasteiger partial charge in [-0.05, 0) is 41.9 Å². The number of ether oxygens (including phenoxy) is 1. The molecule has 0 spiro atoms. The fourth-order valence-corrected chi connectivity index (χ4v) is 4.06. The van der Waals surface area contributed by atoms with Crippen molar-refractivity contribution in [1.82, 2.24) is 4.90 Å². The summed E-state index contributed by atoms with van der Waals surface area (Å²) in [4.78, 5) is 2.36. The van der Waals surface area contributed by atoms with Gasteiger partial charge in [-0.2, -0.15) is 0 Å². The SMILES string of the molecule is CCN(CC)CCOc1ccc(C(c2ccccc2)C(Cl)c2ccccc2)cc1. The van der Waals surface area contributed by atoms with Crippen molar-refractivity contribution in [2.24, 2.45) is 0 Å². The van der Waals surface area contributed by atoms with Gasteiger partial charge in [0.15, 0.2) is 0 Å². The Morgan fingerprint density at radius 2 is 1.24 bits per heavy atom. The number of benzene rings is 3. The highest BCUT2D eigenvalue weighted by Crippen LogP contribution is 2.41. The molecule has 2 nitrogen and oxygen atoms in total. The van der Waals surface area contributed by atoms with Crippen LogP contribution < -0.4 is 4.74 Å². The fourth-order valence-electron chi connectivity index (χ4n) is 3.62. The molecule has 0 fully saturated rings. The van der Waals surface area contributed by atoms with Gasteiger partial charge in [0, 0.05) is 12.5 Å². The van der Waals surface area contributed by atoms with Gasteiger partial charge in [0.1, 0.15) is 12.4 Å². The molecule has 0 radical (unpaired) electrons. The molecule has 0 aliphatic carbocycles. The van der Waals surface area contributed by atoms with E-state index < -0.39 is 0 Å². The Hall–Kier alpha value is -2.29. The van der Waals surface area contributed by atoms with Crippen molar-refractivity contribution < 1.29 is 4.74 Å². The number of nitrogens with zero attached hydrogens (tertiary/aromatic N) is 1. The van der Waals surface area contributed by atoms with Gasteiger partial charge in [-0.1, -0.05) is 86.6 Å². The molecule has 3 heteroatoms. The lowest BCUT2D eigenvalue weighted by Gasteiger charge is -2.24. The molecule has 0 bridgehead atoms. The molecule has 29 heavy (non-hydrogen) atoms. The summed E-state index contributed by atoms with van der Waals surface area (Å²) in [5.74, 6) is 0.976. The molecule has 0 saturated heterocycles. The van der Waals surface area contributed by atoms with Crippen LogP contribution in [-0.4, -0.2) is 31.1 Å². The molecule has 152 valence electrons. The zero-order valence-corrected chi connectivity index (χ0v) is 18.1. The zero-order chi connectivity index (χ0) is 20.5.